The molecular weight excluding hydrogens is 208 g/mol. The van der Waals surface area contributed by atoms with E-state index in [1.807, 2.05) is 13.8 Å². The van der Waals surface area contributed by atoms with E-state index in [9.17, 15) is 10.1 Å². The summed E-state index contributed by atoms with van der Waals surface area (Å²) in [6.45, 7) is 4.11. The zero-order valence-corrected chi connectivity index (χ0v) is 9.64. The minimum Gasteiger partial charge on any atom is -0.396 e. The van der Waals surface area contributed by atoms with Gasteiger partial charge in [-0.2, -0.15) is 0 Å². The molecule has 0 aliphatic carbocycles. The summed E-state index contributed by atoms with van der Waals surface area (Å²) in [5.74, 6) is 0. The van der Waals surface area contributed by atoms with Crippen LogP contribution in [0.15, 0.2) is 18.2 Å². The van der Waals surface area contributed by atoms with Gasteiger partial charge in [-0.3, -0.25) is 10.1 Å². The van der Waals surface area contributed by atoms with Gasteiger partial charge in [-0.15, -0.1) is 0 Å². The molecular formula is C11H18N2O3. The Hall–Kier alpha value is -1.62. The molecule has 0 aliphatic heterocycles. The summed E-state index contributed by atoms with van der Waals surface area (Å²) in [5, 5.41) is 19.0. The highest BCUT2D eigenvalue weighted by molar-refractivity contribution is 5.59. The van der Waals surface area contributed by atoms with Crippen molar-refractivity contribution < 1.29 is 10.0 Å². The van der Waals surface area contributed by atoms with Crippen LogP contribution in [0.1, 0.15) is 25.8 Å². The van der Waals surface area contributed by atoms with Gasteiger partial charge in [0.15, 0.2) is 0 Å². The molecule has 0 heterocycles. The van der Waals surface area contributed by atoms with Gasteiger partial charge in [0.1, 0.15) is 5.69 Å². The van der Waals surface area contributed by atoms with Crippen LogP contribution in [-0.4, -0.2) is 16.6 Å². The minimum absolute atomic E-state index is 0.0715. The number of rotatable bonds is 4. The fraction of sp³-hybridized carbons (Fsp3) is 0.455. The number of nitrogen functional groups attached to an aromatic ring is 1. The molecule has 0 amide bonds. The molecule has 0 aliphatic rings. The molecule has 0 unspecified atom stereocenters. The van der Waals surface area contributed by atoms with Crippen molar-refractivity contribution >= 4 is 11.4 Å². The van der Waals surface area contributed by atoms with Gasteiger partial charge in [-0.1, -0.05) is 19.9 Å². The first-order valence-electron chi connectivity index (χ1n) is 5.29. The predicted molar refractivity (Wildman–Crippen MR) is 64.3 cm³/mol. The van der Waals surface area contributed by atoms with Gasteiger partial charge in [0, 0.05) is 12.7 Å². The Balaban J connectivity index is 0.00000106. The van der Waals surface area contributed by atoms with Crippen LogP contribution in [0.5, 0.6) is 0 Å². The van der Waals surface area contributed by atoms with Gasteiger partial charge in [-0.25, -0.2) is 0 Å². The Morgan fingerprint density at radius 3 is 2.50 bits per heavy atom. The van der Waals surface area contributed by atoms with Crippen molar-refractivity contribution in [2.24, 2.45) is 0 Å². The Morgan fingerprint density at radius 1 is 1.44 bits per heavy atom. The van der Waals surface area contributed by atoms with Crippen molar-refractivity contribution in [3.63, 3.8) is 0 Å². The fourth-order valence-electron chi connectivity index (χ4n) is 1.21. The molecule has 3 N–H and O–H groups in total. The summed E-state index contributed by atoms with van der Waals surface area (Å²) in [6.07, 6.45) is 1.32. The number of anilines is 1. The Kier molecular flexibility index (Phi) is 6.87. The third-order valence-electron chi connectivity index (χ3n) is 1.91. The number of nitro benzene ring substituents is 1. The summed E-state index contributed by atoms with van der Waals surface area (Å²) < 4.78 is 0. The number of aliphatic hydroxyl groups is 1. The van der Waals surface area contributed by atoms with Crippen molar-refractivity contribution in [3.8, 4) is 0 Å². The van der Waals surface area contributed by atoms with Gasteiger partial charge in [0.05, 0.1) is 4.92 Å². The average molecular weight is 226 g/mol. The molecule has 16 heavy (non-hydrogen) atoms. The highest BCUT2D eigenvalue weighted by atomic mass is 16.6. The third kappa shape index (κ3) is 4.27. The van der Waals surface area contributed by atoms with E-state index >= 15 is 0 Å². The van der Waals surface area contributed by atoms with Crippen LogP contribution < -0.4 is 5.73 Å². The monoisotopic (exact) mass is 226 g/mol. The second kappa shape index (κ2) is 7.64. The molecule has 0 spiro atoms. The maximum atomic E-state index is 10.4. The smallest absolute Gasteiger partial charge is 0.292 e. The molecule has 5 nitrogen and oxygen atoms in total. The molecule has 0 aromatic heterocycles. The first-order valence-corrected chi connectivity index (χ1v) is 5.29. The second-order valence-corrected chi connectivity index (χ2v) is 2.98. The van der Waals surface area contributed by atoms with E-state index in [2.05, 4.69) is 0 Å². The summed E-state index contributed by atoms with van der Waals surface area (Å²) in [4.78, 5) is 9.92. The topological polar surface area (TPSA) is 89.4 Å². The molecule has 0 radical (unpaired) electrons. The van der Waals surface area contributed by atoms with Crippen LogP contribution in [0.3, 0.4) is 0 Å². The molecule has 1 aromatic rings. The zero-order valence-electron chi connectivity index (χ0n) is 9.64. The second-order valence-electron chi connectivity index (χ2n) is 2.98. The van der Waals surface area contributed by atoms with Crippen LogP contribution in [-0.2, 0) is 6.42 Å². The van der Waals surface area contributed by atoms with Gasteiger partial charge in [0.2, 0.25) is 0 Å². The maximum Gasteiger partial charge on any atom is 0.292 e. The number of hydrogen-bond donors (Lipinski definition) is 2. The molecule has 5 heteroatoms. The molecule has 90 valence electrons. The number of hydrogen-bond acceptors (Lipinski definition) is 4. The normalized spacial score (nSPS) is 9.19. The van der Waals surface area contributed by atoms with Crippen molar-refractivity contribution in [1.29, 1.82) is 0 Å². The van der Waals surface area contributed by atoms with E-state index in [1.54, 1.807) is 12.1 Å². The number of aliphatic hydroxyl groups excluding tert-OH is 1. The standard InChI is InChI=1S/C9H12N2O3.C2H6/c10-8-6-7(2-1-5-12)3-4-9(8)11(13)14;1-2/h3-4,6,12H,1-2,5,10H2;1-2H3. The molecule has 0 saturated heterocycles. The number of aryl methyl sites for hydroxylation is 1. The first-order chi connectivity index (χ1) is 7.65. The van der Waals surface area contributed by atoms with Crippen molar-refractivity contribution in [2.75, 3.05) is 12.3 Å². The lowest BCUT2D eigenvalue weighted by Gasteiger charge is -2.01. The van der Waals surface area contributed by atoms with Crippen LogP contribution in [0.25, 0.3) is 0 Å². The minimum atomic E-state index is -0.509. The van der Waals surface area contributed by atoms with E-state index in [-0.39, 0.29) is 18.0 Å². The first kappa shape index (κ1) is 14.4. The van der Waals surface area contributed by atoms with E-state index < -0.39 is 4.92 Å². The fourth-order valence-corrected chi connectivity index (χ4v) is 1.21. The summed E-state index contributed by atoms with van der Waals surface area (Å²) in [5.41, 5.74) is 6.49. The third-order valence-corrected chi connectivity index (χ3v) is 1.91. The Labute approximate surface area is 95.0 Å². The zero-order chi connectivity index (χ0) is 12.6. The largest absolute Gasteiger partial charge is 0.396 e. The van der Waals surface area contributed by atoms with E-state index in [0.29, 0.717) is 12.8 Å². The predicted octanol–water partition coefficient (Wildman–Crippen LogP) is 2.13. The summed E-state index contributed by atoms with van der Waals surface area (Å²) in [7, 11) is 0. The van der Waals surface area contributed by atoms with Crippen LogP contribution in [0.4, 0.5) is 11.4 Å². The molecule has 0 bridgehead atoms. The molecule has 0 saturated carbocycles. The number of nitrogens with zero attached hydrogens (tertiary/aromatic N) is 1. The van der Waals surface area contributed by atoms with Gasteiger partial charge >= 0.3 is 0 Å². The maximum absolute atomic E-state index is 10.4. The number of nitrogens with two attached hydrogens (primary N) is 1. The molecule has 1 aromatic carbocycles. The lowest BCUT2D eigenvalue weighted by Crippen LogP contribution is -1.97. The van der Waals surface area contributed by atoms with Crippen LogP contribution >= 0.6 is 0 Å². The summed E-state index contributed by atoms with van der Waals surface area (Å²) in [6, 6.07) is 4.62. The highest BCUT2D eigenvalue weighted by Crippen LogP contribution is 2.22. The molecule has 1 rings (SSSR count). The molecule has 0 atom stereocenters. The molecule has 0 fully saturated rings. The SMILES string of the molecule is CC.Nc1cc(CCCO)ccc1[N+](=O)[O-]. The number of nitro groups is 1. The van der Waals surface area contributed by atoms with E-state index in [1.165, 1.54) is 6.07 Å². The number of benzene rings is 1. The van der Waals surface area contributed by atoms with E-state index in [0.717, 1.165) is 5.56 Å². The Bertz CT molecular complexity index is 340. The van der Waals surface area contributed by atoms with Gasteiger partial charge in [-0.05, 0) is 24.5 Å². The average Bonchev–Trinajstić information content (AvgIpc) is 2.28. The quantitative estimate of drug-likeness (QED) is 0.467. The highest BCUT2D eigenvalue weighted by Gasteiger charge is 2.10. The summed E-state index contributed by atoms with van der Waals surface area (Å²) >= 11 is 0. The van der Waals surface area contributed by atoms with E-state index in [4.69, 9.17) is 10.8 Å². The van der Waals surface area contributed by atoms with Crippen molar-refractivity contribution in [3.05, 3.63) is 33.9 Å². The Morgan fingerprint density at radius 2 is 2.06 bits per heavy atom. The lowest BCUT2D eigenvalue weighted by molar-refractivity contribution is -0.383. The van der Waals surface area contributed by atoms with Crippen molar-refractivity contribution in [1.82, 2.24) is 0 Å². The van der Waals surface area contributed by atoms with Crippen LogP contribution in [0.2, 0.25) is 0 Å². The van der Waals surface area contributed by atoms with Gasteiger partial charge in [0.25, 0.3) is 5.69 Å². The van der Waals surface area contributed by atoms with Gasteiger partial charge < -0.3 is 10.8 Å². The van der Waals surface area contributed by atoms with Crippen LogP contribution in [0, 0.1) is 10.1 Å². The lowest BCUT2D eigenvalue weighted by atomic mass is 10.1. The van der Waals surface area contributed by atoms with Crippen molar-refractivity contribution in [2.45, 2.75) is 26.7 Å².